The first kappa shape index (κ1) is 13.0. The van der Waals surface area contributed by atoms with Crippen LogP contribution < -0.4 is 4.74 Å². The van der Waals surface area contributed by atoms with E-state index in [9.17, 15) is 10.2 Å². The molecule has 1 aromatic carbocycles. The number of rotatable bonds is 6. The van der Waals surface area contributed by atoms with Crippen LogP contribution in [0.2, 0.25) is 0 Å². The third-order valence-electron chi connectivity index (χ3n) is 2.16. The minimum atomic E-state index is -0.624. The summed E-state index contributed by atoms with van der Waals surface area (Å²) in [5, 5.41) is 18.7. The first-order chi connectivity index (χ1) is 7.63. The molecule has 1 aromatic rings. The Balaban J connectivity index is 2.43. The lowest BCUT2D eigenvalue weighted by molar-refractivity contribution is 0.0325. The first-order valence-corrected chi connectivity index (χ1v) is 5.21. The van der Waals surface area contributed by atoms with E-state index < -0.39 is 12.2 Å². The first-order valence-electron chi connectivity index (χ1n) is 5.21. The molecule has 0 saturated heterocycles. The van der Waals surface area contributed by atoms with Crippen LogP contribution in [-0.2, 0) is 4.74 Å². The smallest absolute Gasteiger partial charge is 0.119 e. The second-order valence-electron chi connectivity index (χ2n) is 3.67. The van der Waals surface area contributed by atoms with Crippen LogP contribution in [0.5, 0.6) is 5.75 Å². The maximum atomic E-state index is 9.36. The number of benzene rings is 1. The van der Waals surface area contributed by atoms with Crippen LogP contribution >= 0.6 is 0 Å². The number of methoxy groups -OCH3 is 1. The number of ether oxygens (including phenoxy) is 2. The quantitative estimate of drug-likeness (QED) is 0.763. The normalized spacial score (nSPS) is 14.5. The summed E-state index contributed by atoms with van der Waals surface area (Å²) in [6, 6.07) is 7.12. The molecule has 0 aromatic heterocycles. The second kappa shape index (κ2) is 6.48. The Morgan fingerprint density at radius 1 is 1.12 bits per heavy atom. The van der Waals surface area contributed by atoms with Gasteiger partial charge in [-0.15, -0.1) is 0 Å². The Morgan fingerprint density at radius 2 is 1.75 bits per heavy atom. The van der Waals surface area contributed by atoms with Crippen molar-refractivity contribution in [2.75, 3.05) is 20.3 Å². The predicted octanol–water partition coefficient (Wildman–Crippen LogP) is 1.13. The van der Waals surface area contributed by atoms with Crippen LogP contribution in [0, 0.1) is 0 Å². The van der Waals surface area contributed by atoms with Crippen molar-refractivity contribution >= 4 is 0 Å². The summed E-state index contributed by atoms with van der Waals surface area (Å²) in [5.41, 5.74) is 0.838. The van der Waals surface area contributed by atoms with Crippen molar-refractivity contribution in [1.82, 2.24) is 0 Å². The van der Waals surface area contributed by atoms with Crippen molar-refractivity contribution in [3.8, 4) is 5.75 Å². The zero-order chi connectivity index (χ0) is 12.0. The summed E-state index contributed by atoms with van der Waals surface area (Å²) in [7, 11) is 1.53. The van der Waals surface area contributed by atoms with Crippen molar-refractivity contribution in [3.05, 3.63) is 29.8 Å². The van der Waals surface area contributed by atoms with Gasteiger partial charge < -0.3 is 19.7 Å². The van der Waals surface area contributed by atoms with Gasteiger partial charge in [-0.25, -0.2) is 0 Å². The molecule has 0 saturated carbocycles. The Hall–Kier alpha value is -1.10. The van der Waals surface area contributed by atoms with E-state index in [0.717, 1.165) is 5.56 Å². The van der Waals surface area contributed by atoms with E-state index in [0.29, 0.717) is 5.75 Å². The molecule has 0 aliphatic heterocycles. The predicted molar refractivity (Wildman–Crippen MR) is 60.5 cm³/mol. The Kier molecular flexibility index (Phi) is 5.25. The van der Waals surface area contributed by atoms with Gasteiger partial charge in [-0.2, -0.15) is 0 Å². The third kappa shape index (κ3) is 4.18. The molecule has 4 heteroatoms. The van der Waals surface area contributed by atoms with E-state index >= 15 is 0 Å². The summed E-state index contributed by atoms with van der Waals surface area (Å²) in [6.45, 7) is 2.16. The van der Waals surface area contributed by atoms with Crippen molar-refractivity contribution in [1.29, 1.82) is 0 Å². The molecule has 90 valence electrons. The molecule has 0 fully saturated rings. The monoisotopic (exact) mass is 226 g/mol. The average Bonchev–Trinajstić information content (AvgIpc) is 2.27. The van der Waals surface area contributed by atoms with Gasteiger partial charge in [0.05, 0.1) is 12.7 Å². The summed E-state index contributed by atoms with van der Waals surface area (Å²) >= 11 is 0. The van der Waals surface area contributed by atoms with Gasteiger partial charge in [-0.1, -0.05) is 12.1 Å². The number of aliphatic hydroxyl groups is 2. The molecular weight excluding hydrogens is 208 g/mol. The standard InChI is InChI=1S/C12H18O4/c1-9(13)10-3-5-12(6-4-10)16-8-11(14)7-15-2/h3-6,9,11,13-14H,7-8H2,1-2H3. The van der Waals surface area contributed by atoms with Gasteiger partial charge in [0.25, 0.3) is 0 Å². The zero-order valence-electron chi connectivity index (χ0n) is 9.59. The Labute approximate surface area is 95.4 Å². The summed E-state index contributed by atoms with van der Waals surface area (Å²) in [4.78, 5) is 0. The zero-order valence-corrected chi connectivity index (χ0v) is 9.59. The molecule has 2 N–H and O–H groups in total. The van der Waals surface area contributed by atoms with E-state index in [1.807, 2.05) is 0 Å². The Bertz CT molecular complexity index is 294. The van der Waals surface area contributed by atoms with E-state index in [1.165, 1.54) is 7.11 Å². The molecule has 0 spiro atoms. The minimum absolute atomic E-state index is 0.196. The van der Waals surface area contributed by atoms with Gasteiger partial charge in [0.1, 0.15) is 18.5 Å². The van der Waals surface area contributed by atoms with Gasteiger partial charge in [0, 0.05) is 7.11 Å². The summed E-state index contributed by atoms with van der Waals surface area (Å²) in [6.07, 6.45) is -1.10. The number of aliphatic hydroxyl groups excluding tert-OH is 2. The van der Waals surface area contributed by atoms with Crippen LogP contribution in [0.1, 0.15) is 18.6 Å². The molecule has 0 radical (unpaired) electrons. The molecule has 0 aliphatic rings. The fourth-order valence-electron chi connectivity index (χ4n) is 1.28. The van der Waals surface area contributed by atoms with Crippen LogP contribution in [0.4, 0.5) is 0 Å². The van der Waals surface area contributed by atoms with Crippen molar-refractivity contribution in [3.63, 3.8) is 0 Å². The van der Waals surface area contributed by atoms with Crippen LogP contribution in [0.15, 0.2) is 24.3 Å². The molecule has 2 atom stereocenters. The van der Waals surface area contributed by atoms with E-state index in [4.69, 9.17) is 9.47 Å². The molecule has 0 heterocycles. The minimum Gasteiger partial charge on any atom is -0.491 e. The van der Waals surface area contributed by atoms with Gasteiger partial charge in [0.2, 0.25) is 0 Å². The maximum absolute atomic E-state index is 9.36. The topological polar surface area (TPSA) is 58.9 Å². The number of hydrogen-bond acceptors (Lipinski definition) is 4. The van der Waals surface area contributed by atoms with Gasteiger partial charge in [-0.05, 0) is 24.6 Å². The third-order valence-corrected chi connectivity index (χ3v) is 2.16. The summed E-state index contributed by atoms with van der Waals surface area (Å²) in [5.74, 6) is 0.666. The molecule has 4 nitrogen and oxygen atoms in total. The fraction of sp³-hybridized carbons (Fsp3) is 0.500. The van der Waals surface area contributed by atoms with Gasteiger partial charge >= 0.3 is 0 Å². The fourth-order valence-corrected chi connectivity index (χ4v) is 1.28. The lowest BCUT2D eigenvalue weighted by Crippen LogP contribution is -2.22. The van der Waals surface area contributed by atoms with Crippen LogP contribution in [0.25, 0.3) is 0 Å². The summed E-state index contributed by atoms with van der Waals surface area (Å²) < 4.78 is 10.1. The van der Waals surface area contributed by atoms with Crippen LogP contribution in [-0.4, -0.2) is 36.6 Å². The van der Waals surface area contributed by atoms with E-state index in [1.54, 1.807) is 31.2 Å². The van der Waals surface area contributed by atoms with E-state index in [-0.39, 0.29) is 13.2 Å². The molecule has 0 bridgehead atoms. The highest BCUT2D eigenvalue weighted by Gasteiger charge is 2.05. The van der Waals surface area contributed by atoms with Gasteiger partial charge in [0.15, 0.2) is 0 Å². The highest BCUT2D eigenvalue weighted by molar-refractivity contribution is 5.28. The molecule has 16 heavy (non-hydrogen) atoms. The van der Waals surface area contributed by atoms with Crippen molar-refractivity contribution < 1.29 is 19.7 Å². The largest absolute Gasteiger partial charge is 0.491 e. The highest BCUT2D eigenvalue weighted by Crippen LogP contribution is 2.17. The maximum Gasteiger partial charge on any atom is 0.119 e. The average molecular weight is 226 g/mol. The SMILES string of the molecule is COCC(O)COc1ccc(C(C)O)cc1. The molecule has 0 aliphatic carbocycles. The van der Waals surface area contributed by atoms with Crippen molar-refractivity contribution in [2.24, 2.45) is 0 Å². The molecule has 1 rings (SSSR count). The Morgan fingerprint density at radius 3 is 2.25 bits per heavy atom. The lowest BCUT2D eigenvalue weighted by atomic mass is 10.1. The van der Waals surface area contributed by atoms with Crippen LogP contribution in [0.3, 0.4) is 0 Å². The second-order valence-corrected chi connectivity index (χ2v) is 3.67. The molecule has 0 amide bonds. The van der Waals surface area contributed by atoms with E-state index in [2.05, 4.69) is 0 Å². The highest BCUT2D eigenvalue weighted by atomic mass is 16.5. The molecule has 2 unspecified atom stereocenters. The lowest BCUT2D eigenvalue weighted by Gasteiger charge is -2.12. The molecular formula is C12H18O4. The number of hydrogen-bond donors (Lipinski definition) is 2. The van der Waals surface area contributed by atoms with Gasteiger partial charge in [-0.3, -0.25) is 0 Å². The van der Waals surface area contributed by atoms with Crippen molar-refractivity contribution in [2.45, 2.75) is 19.1 Å².